The maximum absolute atomic E-state index is 12.0. The molecule has 0 spiro atoms. The Morgan fingerprint density at radius 3 is 2.57 bits per heavy atom. The van der Waals surface area contributed by atoms with E-state index in [2.05, 4.69) is 5.32 Å². The van der Waals surface area contributed by atoms with Crippen molar-refractivity contribution in [1.29, 1.82) is 0 Å². The highest BCUT2D eigenvalue weighted by molar-refractivity contribution is 6.31. The molecule has 2 aromatic carbocycles. The number of aromatic carboxylic acids is 1. The monoisotopic (exact) mass is 303 g/mol. The van der Waals surface area contributed by atoms with Gasteiger partial charge in [-0.2, -0.15) is 0 Å². The van der Waals surface area contributed by atoms with Crippen molar-refractivity contribution >= 4 is 23.5 Å². The van der Waals surface area contributed by atoms with Gasteiger partial charge in [0.25, 0.3) is 5.91 Å². The number of benzene rings is 2. The van der Waals surface area contributed by atoms with E-state index in [0.29, 0.717) is 10.6 Å². The van der Waals surface area contributed by atoms with Gasteiger partial charge in [0.05, 0.1) is 5.56 Å². The van der Waals surface area contributed by atoms with Crippen LogP contribution in [0.5, 0.6) is 0 Å². The van der Waals surface area contributed by atoms with E-state index in [9.17, 15) is 9.59 Å². The number of carboxylic acids is 1. The van der Waals surface area contributed by atoms with Gasteiger partial charge in [-0.1, -0.05) is 29.8 Å². The molecule has 0 saturated heterocycles. The molecule has 21 heavy (non-hydrogen) atoms. The second-order valence-corrected chi connectivity index (χ2v) is 5.06. The van der Waals surface area contributed by atoms with Crippen LogP contribution in [0.4, 0.5) is 0 Å². The molecular formula is C16H14ClNO3. The number of carboxylic acid groups (broad SMARTS) is 1. The highest BCUT2D eigenvalue weighted by Crippen LogP contribution is 2.16. The van der Waals surface area contributed by atoms with E-state index in [-0.39, 0.29) is 18.0 Å². The van der Waals surface area contributed by atoms with Crippen molar-refractivity contribution in [3.63, 3.8) is 0 Å². The summed E-state index contributed by atoms with van der Waals surface area (Å²) < 4.78 is 0. The summed E-state index contributed by atoms with van der Waals surface area (Å²) in [4.78, 5) is 22.9. The lowest BCUT2D eigenvalue weighted by Crippen LogP contribution is -2.22. The lowest BCUT2D eigenvalue weighted by atomic mass is 10.1. The number of aryl methyl sites for hydroxylation is 1. The van der Waals surface area contributed by atoms with E-state index in [0.717, 1.165) is 11.1 Å². The van der Waals surface area contributed by atoms with Crippen LogP contribution in [0.3, 0.4) is 0 Å². The van der Waals surface area contributed by atoms with E-state index in [1.807, 2.05) is 6.92 Å². The van der Waals surface area contributed by atoms with Crippen molar-refractivity contribution in [2.24, 2.45) is 0 Å². The minimum atomic E-state index is -0.992. The molecule has 5 heteroatoms. The molecule has 2 rings (SSSR count). The lowest BCUT2D eigenvalue weighted by Gasteiger charge is -2.07. The quantitative estimate of drug-likeness (QED) is 0.911. The fourth-order valence-corrected chi connectivity index (χ4v) is 2.01. The summed E-state index contributed by atoms with van der Waals surface area (Å²) in [6.45, 7) is 2.12. The summed E-state index contributed by atoms with van der Waals surface area (Å²) in [5.41, 5.74) is 2.30. The normalized spacial score (nSPS) is 10.2. The molecule has 0 saturated carbocycles. The van der Waals surface area contributed by atoms with Gasteiger partial charge in [0.15, 0.2) is 0 Å². The van der Waals surface area contributed by atoms with Crippen LogP contribution < -0.4 is 5.32 Å². The first-order valence-corrected chi connectivity index (χ1v) is 6.72. The van der Waals surface area contributed by atoms with Crippen LogP contribution in [0.25, 0.3) is 0 Å². The molecule has 0 bridgehead atoms. The van der Waals surface area contributed by atoms with Crippen molar-refractivity contribution in [3.05, 3.63) is 69.7 Å². The average Bonchev–Trinajstić information content (AvgIpc) is 2.48. The Labute approximate surface area is 127 Å². The van der Waals surface area contributed by atoms with E-state index >= 15 is 0 Å². The largest absolute Gasteiger partial charge is 0.478 e. The number of carbonyl (C=O) groups excluding carboxylic acids is 1. The number of hydrogen-bond acceptors (Lipinski definition) is 2. The number of rotatable bonds is 4. The van der Waals surface area contributed by atoms with Gasteiger partial charge < -0.3 is 10.4 Å². The van der Waals surface area contributed by atoms with Crippen LogP contribution in [0, 0.1) is 6.92 Å². The Morgan fingerprint density at radius 2 is 1.90 bits per heavy atom. The summed E-state index contributed by atoms with van der Waals surface area (Å²) in [6, 6.07) is 11.5. The summed E-state index contributed by atoms with van der Waals surface area (Å²) in [5.74, 6) is -1.24. The maximum Gasteiger partial charge on any atom is 0.335 e. The zero-order chi connectivity index (χ0) is 15.4. The predicted octanol–water partition coefficient (Wildman–Crippen LogP) is 3.28. The van der Waals surface area contributed by atoms with Crippen LogP contribution in [-0.2, 0) is 6.54 Å². The molecule has 0 unspecified atom stereocenters. The van der Waals surface area contributed by atoms with Gasteiger partial charge in [-0.3, -0.25) is 4.79 Å². The Morgan fingerprint density at radius 1 is 1.14 bits per heavy atom. The van der Waals surface area contributed by atoms with E-state index in [1.165, 1.54) is 12.1 Å². The molecular weight excluding hydrogens is 290 g/mol. The summed E-state index contributed by atoms with van der Waals surface area (Å²) in [6.07, 6.45) is 0. The van der Waals surface area contributed by atoms with Crippen LogP contribution in [0.2, 0.25) is 5.02 Å². The number of amides is 1. The fraction of sp³-hybridized carbons (Fsp3) is 0.125. The molecule has 2 N–H and O–H groups in total. The first-order valence-electron chi connectivity index (χ1n) is 6.34. The standard InChI is InChI=1S/C16H14ClNO3/c1-10-5-6-12(8-14(10)17)15(19)18-9-11-3-2-4-13(7-11)16(20)21/h2-8H,9H2,1H3,(H,18,19)(H,20,21). The smallest absolute Gasteiger partial charge is 0.335 e. The third kappa shape index (κ3) is 3.83. The zero-order valence-electron chi connectivity index (χ0n) is 11.4. The van der Waals surface area contributed by atoms with Gasteiger partial charge >= 0.3 is 5.97 Å². The molecule has 0 aromatic heterocycles. The summed E-state index contributed by atoms with van der Waals surface area (Å²) >= 11 is 5.99. The van der Waals surface area contributed by atoms with Crippen molar-refractivity contribution in [2.75, 3.05) is 0 Å². The third-order valence-electron chi connectivity index (χ3n) is 3.06. The highest BCUT2D eigenvalue weighted by atomic mass is 35.5. The van der Waals surface area contributed by atoms with Crippen LogP contribution in [0.15, 0.2) is 42.5 Å². The van der Waals surface area contributed by atoms with Crippen LogP contribution in [-0.4, -0.2) is 17.0 Å². The van der Waals surface area contributed by atoms with Gasteiger partial charge in [0, 0.05) is 17.1 Å². The molecule has 0 fully saturated rings. The molecule has 2 aromatic rings. The van der Waals surface area contributed by atoms with Gasteiger partial charge in [-0.15, -0.1) is 0 Å². The first-order chi connectivity index (χ1) is 9.97. The lowest BCUT2D eigenvalue weighted by molar-refractivity contribution is 0.0696. The molecule has 0 aliphatic rings. The number of halogens is 1. The molecule has 1 amide bonds. The second-order valence-electron chi connectivity index (χ2n) is 4.65. The number of nitrogens with one attached hydrogen (secondary N) is 1. The minimum Gasteiger partial charge on any atom is -0.478 e. The van der Waals surface area contributed by atoms with E-state index in [1.54, 1.807) is 30.3 Å². The molecule has 0 radical (unpaired) electrons. The first kappa shape index (κ1) is 15.1. The van der Waals surface area contributed by atoms with Gasteiger partial charge in [0.1, 0.15) is 0 Å². The molecule has 0 heterocycles. The van der Waals surface area contributed by atoms with E-state index < -0.39 is 5.97 Å². The molecule has 4 nitrogen and oxygen atoms in total. The van der Waals surface area contributed by atoms with E-state index in [4.69, 9.17) is 16.7 Å². The predicted molar refractivity (Wildman–Crippen MR) is 80.8 cm³/mol. The summed E-state index contributed by atoms with van der Waals surface area (Å²) in [5, 5.41) is 12.2. The third-order valence-corrected chi connectivity index (χ3v) is 3.47. The van der Waals surface area contributed by atoms with Gasteiger partial charge in [-0.05, 0) is 42.3 Å². The number of carbonyl (C=O) groups is 2. The second kappa shape index (κ2) is 6.41. The van der Waals surface area contributed by atoms with Crippen molar-refractivity contribution < 1.29 is 14.7 Å². The maximum atomic E-state index is 12.0. The van der Waals surface area contributed by atoms with Crippen LogP contribution >= 0.6 is 11.6 Å². The SMILES string of the molecule is Cc1ccc(C(=O)NCc2cccc(C(=O)O)c2)cc1Cl. The fourth-order valence-electron chi connectivity index (χ4n) is 1.83. The van der Waals surface area contributed by atoms with Crippen LogP contribution in [0.1, 0.15) is 31.8 Å². The van der Waals surface area contributed by atoms with Crippen molar-refractivity contribution in [1.82, 2.24) is 5.32 Å². The highest BCUT2D eigenvalue weighted by Gasteiger charge is 2.08. The Kier molecular flexibility index (Phi) is 4.60. The Balaban J connectivity index is 2.05. The molecule has 0 aliphatic carbocycles. The minimum absolute atomic E-state index is 0.195. The average molecular weight is 304 g/mol. The van der Waals surface area contributed by atoms with Gasteiger partial charge in [-0.25, -0.2) is 4.79 Å². The van der Waals surface area contributed by atoms with Crippen molar-refractivity contribution in [3.8, 4) is 0 Å². The molecule has 0 atom stereocenters. The number of hydrogen-bond donors (Lipinski definition) is 2. The topological polar surface area (TPSA) is 66.4 Å². The zero-order valence-corrected chi connectivity index (χ0v) is 12.1. The van der Waals surface area contributed by atoms with Crippen molar-refractivity contribution in [2.45, 2.75) is 13.5 Å². The Hall–Kier alpha value is -2.33. The Bertz CT molecular complexity index is 698. The van der Waals surface area contributed by atoms with Gasteiger partial charge in [0.2, 0.25) is 0 Å². The molecule has 0 aliphatic heterocycles. The summed E-state index contributed by atoms with van der Waals surface area (Å²) in [7, 11) is 0. The molecule has 108 valence electrons.